The van der Waals surface area contributed by atoms with E-state index in [1.807, 2.05) is 0 Å². The minimum Gasteiger partial charge on any atom is -0.508 e. The molecule has 0 aromatic heterocycles. The van der Waals surface area contributed by atoms with Crippen LogP contribution in [0.1, 0.15) is 34.5 Å². The molecule has 2 heterocycles. The minimum atomic E-state index is -1.34. The van der Waals surface area contributed by atoms with E-state index in [-0.39, 0.29) is 75.0 Å². The second kappa shape index (κ2) is 9.25. The minimum absolute atomic E-state index is 0.00576. The zero-order valence-electron chi connectivity index (χ0n) is 21.0. The molecule has 9 N–H and O–H groups in total. The third kappa shape index (κ3) is 4.20. The maximum atomic E-state index is 13.2. The first-order chi connectivity index (χ1) is 19.4. The monoisotopic (exact) mass is 564 g/mol. The van der Waals surface area contributed by atoms with Crippen molar-refractivity contribution in [2.24, 2.45) is 0 Å². The molecule has 12 nitrogen and oxygen atoms in total. The maximum Gasteiger partial charge on any atom is 0.231 e. The van der Waals surface area contributed by atoms with Gasteiger partial charge in [-0.2, -0.15) is 0 Å². The highest BCUT2D eigenvalue weighted by Gasteiger charge is 2.36. The number of phenols is 6. The molecule has 2 aliphatic heterocycles. The Hall–Kier alpha value is -5.07. The molecule has 0 radical (unpaired) electrons. The highest BCUT2D eigenvalue weighted by atomic mass is 16.5. The lowest BCUT2D eigenvalue weighted by Crippen LogP contribution is -2.31. The first kappa shape index (κ1) is 26.2. The number of ether oxygens (including phenoxy) is 2. The fourth-order valence-electron chi connectivity index (χ4n) is 5.52. The van der Waals surface area contributed by atoms with Crippen molar-refractivity contribution in [2.75, 3.05) is 0 Å². The van der Waals surface area contributed by atoms with Crippen LogP contribution in [-0.2, 0) is 12.8 Å². The van der Waals surface area contributed by atoms with Crippen LogP contribution >= 0.6 is 0 Å². The van der Waals surface area contributed by atoms with Crippen molar-refractivity contribution in [1.82, 2.24) is 0 Å². The molecule has 41 heavy (non-hydrogen) atoms. The molecule has 2 aliphatic rings. The largest absolute Gasteiger partial charge is 0.508 e. The van der Waals surface area contributed by atoms with Gasteiger partial charge in [0.05, 0.1) is 17.6 Å². The van der Waals surface area contributed by atoms with Gasteiger partial charge in [-0.15, -0.1) is 0 Å². The average molecular weight is 564 g/mol. The van der Waals surface area contributed by atoms with Crippen LogP contribution in [0.25, 0.3) is 10.8 Å². The number of benzene rings is 3. The normalized spacial score (nSPS) is 21.4. The smallest absolute Gasteiger partial charge is 0.231 e. The van der Waals surface area contributed by atoms with E-state index in [2.05, 4.69) is 0 Å². The molecule has 4 aromatic rings. The van der Waals surface area contributed by atoms with Gasteiger partial charge in [-0.05, 0) is 29.1 Å². The van der Waals surface area contributed by atoms with Crippen molar-refractivity contribution in [3.8, 4) is 51.7 Å². The van der Waals surface area contributed by atoms with Crippen LogP contribution in [0, 0.1) is 0 Å². The number of aliphatic hydroxyl groups is 2. The van der Waals surface area contributed by atoms with E-state index in [4.69, 9.17) is 9.47 Å². The van der Waals surface area contributed by atoms with Crippen molar-refractivity contribution < 1.29 is 55.4 Å². The van der Waals surface area contributed by atoms with Crippen molar-refractivity contribution in [3.63, 3.8) is 0 Å². The molecule has 0 amide bonds. The molecule has 212 valence electrons. The quantitative estimate of drug-likeness (QED) is 0.160. The number of fused-ring (bicyclic) bond motifs is 3. The second-order valence-corrected chi connectivity index (χ2v) is 10.1. The highest BCUT2D eigenvalue weighted by molar-refractivity contribution is 5.94. The molecule has 0 saturated carbocycles. The summed E-state index contributed by atoms with van der Waals surface area (Å²) in [5.41, 5.74) is -0.578. The summed E-state index contributed by atoms with van der Waals surface area (Å²) in [7, 11) is 0. The Morgan fingerprint density at radius 1 is 0.610 bits per heavy atom. The van der Waals surface area contributed by atoms with Gasteiger partial charge < -0.3 is 55.4 Å². The Morgan fingerprint density at radius 3 is 1.73 bits per heavy atom. The van der Waals surface area contributed by atoms with Crippen LogP contribution in [0.3, 0.4) is 0 Å². The van der Waals surface area contributed by atoms with Crippen LogP contribution in [0.5, 0.6) is 51.7 Å². The Labute approximate surface area is 230 Å². The molecule has 0 spiro atoms. The number of hydrogen-bond acceptors (Lipinski definition) is 12. The first-order valence-electron chi connectivity index (χ1n) is 12.5. The van der Waals surface area contributed by atoms with Crippen LogP contribution < -0.4 is 14.9 Å². The van der Waals surface area contributed by atoms with Gasteiger partial charge in [0.1, 0.15) is 40.6 Å². The maximum absolute atomic E-state index is 13.2. The van der Waals surface area contributed by atoms with E-state index in [9.17, 15) is 50.8 Å². The molecule has 4 atom stereocenters. The summed E-state index contributed by atoms with van der Waals surface area (Å²) in [5, 5.41) is 93.5. The van der Waals surface area contributed by atoms with Crippen LogP contribution in [-0.4, -0.2) is 58.2 Å². The molecule has 0 saturated heterocycles. The zero-order chi connectivity index (χ0) is 29.3. The summed E-state index contributed by atoms with van der Waals surface area (Å²) < 4.78 is 11.8. The van der Waals surface area contributed by atoms with Gasteiger partial charge in [0, 0.05) is 53.8 Å². The molecule has 0 bridgehead atoms. The third-order valence-electron chi connectivity index (χ3n) is 7.43. The summed E-state index contributed by atoms with van der Waals surface area (Å²) in [6, 6.07) is 8.05. The topological polar surface area (TPSA) is 218 Å². The highest BCUT2D eigenvalue weighted by Crippen LogP contribution is 2.47. The van der Waals surface area contributed by atoms with Gasteiger partial charge in [-0.3, -0.25) is 4.79 Å². The summed E-state index contributed by atoms with van der Waals surface area (Å²) in [6.45, 7) is 0. The van der Waals surface area contributed by atoms with Gasteiger partial charge in [-0.1, -0.05) is 0 Å². The number of rotatable bonds is 2. The summed E-state index contributed by atoms with van der Waals surface area (Å²) in [5.74, 6) is -3.57. The third-order valence-corrected chi connectivity index (χ3v) is 7.43. The molecular weight excluding hydrogens is 540 g/mol. The predicted octanol–water partition coefficient (Wildman–Crippen LogP) is 2.21. The first-order valence-corrected chi connectivity index (χ1v) is 12.5. The van der Waals surface area contributed by atoms with Gasteiger partial charge in [0.2, 0.25) is 5.43 Å². The summed E-state index contributed by atoms with van der Waals surface area (Å²) >= 11 is 0. The Kier molecular flexibility index (Phi) is 5.90. The van der Waals surface area contributed by atoms with E-state index in [0.29, 0.717) is 0 Å². The van der Waals surface area contributed by atoms with E-state index in [0.717, 1.165) is 24.3 Å². The van der Waals surface area contributed by atoms with E-state index >= 15 is 0 Å². The second-order valence-electron chi connectivity index (χ2n) is 10.1. The summed E-state index contributed by atoms with van der Waals surface area (Å²) in [4.78, 5) is 13.2. The molecule has 4 aromatic carbocycles. The van der Waals surface area contributed by atoms with E-state index in [1.165, 1.54) is 18.2 Å². The fourth-order valence-corrected chi connectivity index (χ4v) is 5.52. The molecule has 12 heteroatoms. The molecule has 6 rings (SSSR count). The summed E-state index contributed by atoms with van der Waals surface area (Å²) in [6.07, 6.45) is -5.40. The number of aromatic hydroxyl groups is 7. The Bertz CT molecular complexity index is 1800. The predicted molar refractivity (Wildman–Crippen MR) is 141 cm³/mol. The van der Waals surface area contributed by atoms with Crippen molar-refractivity contribution in [3.05, 3.63) is 74.9 Å². The molecule has 0 fully saturated rings. The van der Waals surface area contributed by atoms with Gasteiger partial charge in [0.25, 0.3) is 0 Å². The average Bonchev–Trinajstić information content (AvgIpc) is 3.03. The van der Waals surface area contributed by atoms with Crippen molar-refractivity contribution in [2.45, 2.75) is 37.3 Å². The Balaban J connectivity index is 1.56. The van der Waals surface area contributed by atoms with Crippen LogP contribution in [0.15, 0.2) is 47.3 Å². The van der Waals surface area contributed by atoms with Gasteiger partial charge >= 0.3 is 0 Å². The van der Waals surface area contributed by atoms with E-state index in [1.54, 1.807) is 0 Å². The van der Waals surface area contributed by atoms with Gasteiger partial charge in [0.15, 0.2) is 23.4 Å². The lowest BCUT2D eigenvalue weighted by molar-refractivity contribution is 0.0193. The standard InChI is InChI=1S/C29H24O12/c30-11-3-17(32)15-8-21(36)28(40-23(15)5-11)10-1-13-14(7-20(35)27(39)25(13)26(38)19(34)2-10)29-22(37)9-16-18(33)4-12(31)6-24(16)41-29/h1-7,21-22,28-33,35-37,39H,8-9H2,(H,34,38)/t21-,22?,28-,29?/m1/s1. The van der Waals surface area contributed by atoms with Crippen LogP contribution in [0.2, 0.25) is 0 Å². The van der Waals surface area contributed by atoms with Gasteiger partial charge in [-0.25, -0.2) is 0 Å². The number of hydrogen-bond donors (Lipinski definition) is 9. The SMILES string of the molecule is O=c1c(O)cc([C@H]2Oc3cc(O)cc(O)c3C[C@H]2O)cc2c(C3Oc4cc(O)cc(O)c4CC3O)cc(O)c(O)c12. The zero-order valence-corrected chi connectivity index (χ0v) is 21.0. The van der Waals surface area contributed by atoms with E-state index < -0.39 is 52.5 Å². The number of aliphatic hydroxyl groups excluding tert-OH is 2. The molecular formula is C29H24O12. The Morgan fingerprint density at radius 2 is 1.15 bits per heavy atom. The lowest BCUT2D eigenvalue weighted by Gasteiger charge is -2.32. The number of phenolic OH excluding ortho intramolecular Hbond substituents is 6. The fraction of sp³-hybridized carbons (Fsp3) is 0.207. The molecule has 0 aliphatic carbocycles. The van der Waals surface area contributed by atoms with Crippen molar-refractivity contribution in [1.29, 1.82) is 0 Å². The lowest BCUT2D eigenvalue weighted by atomic mass is 9.90. The van der Waals surface area contributed by atoms with Crippen molar-refractivity contribution >= 4 is 10.8 Å². The molecule has 2 unspecified atom stereocenters. The van der Waals surface area contributed by atoms with Crippen LogP contribution in [0.4, 0.5) is 0 Å².